The lowest BCUT2D eigenvalue weighted by molar-refractivity contribution is 0.499. The van der Waals surface area contributed by atoms with E-state index >= 15 is 0 Å². The predicted octanol–water partition coefficient (Wildman–Crippen LogP) is 2.60. The summed E-state index contributed by atoms with van der Waals surface area (Å²) < 4.78 is 14.4. The Hall–Kier alpha value is -3.33. The van der Waals surface area contributed by atoms with E-state index in [1.165, 1.54) is 12.4 Å². The molecule has 1 aliphatic carbocycles. The molecule has 31 heavy (non-hydrogen) atoms. The molecule has 158 valence electrons. The van der Waals surface area contributed by atoms with Crippen molar-refractivity contribution < 1.29 is 4.39 Å². The highest BCUT2D eigenvalue weighted by molar-refractivity contribution is 6.14. The number of halogens is 1. The van der Waals surface area contributed by atoms with Crippen LogP contribution in [-0.4, -0.2) is 51.1 Å². The summed E-state index contributed by atoms with van der Waals surface area (Å²) in [6, 6.07) is 3.16. The number of fused-ring (bicyclic) bond motifs is 3. The van der Waals surface area contributed by atoms with Crippen LogP contribution >= 0.6 is 0 Å². The third-order valence-electron chi connectivity index (χ3n) is 6.70. The van der Waals surface area contributed by atoms with Gasteiger partial charge in [-0.2, -0.15) is 0 Å². The van der Waals surface area contributed by atoms with Crippen molar-refractivity contribution in [2.45, 2.75) is 25.3 Å². The van der Waals surface area contributed by atoms with Crippen molar-refractivity contribution in [1.29, 1.82) is 0 Å². The van der Waals surface area contributed by atoms with Crippen LogP contribution in [0, 0.1) is 11.2 Å². The van der Waals surface area contributed by atoms with Gasteiger partial charge in [-0.15, -0.1) is 0 Å². The zero-order chi connectivity index (χ0) is 21.2. The third-order valence-corrected chi connectivity index (χ3v) is 6.70. The van der Waals surface area contributed by atoms with Crippen molar-refractivity contribution in [2.75, 3.05) is 30.4 Å². The van der Waals surface area contributed by atoms with Gasteiger partial charge in [-0.3, -0.25) is 0 Å². The molecule has 1 aromatic carbocycles. The summed E-state index contributed by atoms with van der Waals surface area (Å²) in [6.07, 6.45) is 7.86. The third kappa shape index (κ3) is 2.91. The van der Waals surface area contributed by atoms with Gasteiger partial charge in [0.05, 0.1) is 16.6 Å². The number of hydrogen-bond donors (Lipinski definition) is 3. The fourth-order valence-corrected chi connectivity index (χ4v) is 4.84. The molecule has 1 spiro atoms. The fourth-order valence-electron chi connectivity index (χ4n) is 4.84. The van der Waals surface area contributed by atoms with Crippen LogP contribution in [0.1, 0.15) is 24.2 Å². The van der Waals surface area contributed by atoms with Gasteiger partial charge in [-0.25, -0.2) is 24.3 Å². The maximum Gasteiger partial charge on any atom is 0.144 e. The van der Waals surface area contributed by atoms with Crippen LogP contribution in [-0.2, 0) is 6.42 Å². The first kappa shape index (κ1) is 18.4. The molecule has 0 amide bonds. The van der Waals surface area contributed by atoms with E-state index in [9.17, 15) is 4.39 Å². The van der Waals surface area contributed by atoms with E-state index < -0.39 is 0 Å². The summed E-state index contributed by atoms with van der Waals surface area (Å²) in [5.41, 5.74) is 9.81. The number of H-pyrrole nitrogens is 1. The van der Waals surface area contributed by atoms with E-state index in [0.717, 1.165) is 53.6 Å². The molecule has 1 atom stereocenters. The van der Waals surface area contributed by atoms with E-state index in [1.54, 1.807) is 25.5 Å². The second-order valence-electron chi connectivity index (χ2n) is 8.71. The Balaban J connectivity index is 1.56. The topological polar surface area (TPSA) is 109 Å². The molecular formula is C22H23FN8. The molecule has 2 aliphatic rings. The fraction of sp³-hybridized carbons (Fsp3) is 0.364. The van der Waals surface area contributed by atoms with Crippen molar-refractivity contribution >= 4 is 33.4 Å². The Morgan fingerprint density at radius 2 is 2.06 bits per heavy atom. The van der Waals surface area contributed by atoms with Gasteiger partial charge in [0.1, 0.15) is 29.4 Å². The summed E-state index contributed by atoms with van der Waals surface area (Å²) in [5, 5.41) is 4.69. The molecule has 0 unspecified atom stereocenters. The summed E-state index contributed by atoms with van der Waals surface area (Å²) in [5.74, 6) is 1.18. The Morgan fingerprint density at radius 3 is 2.77 bits per heavy atom. The average Bonchev–Trinajstić information content (AvgIpc) is 3.35. The highest BCUT2D eigenvalue weighted by Gasteiger charge is 2.54. The van der Waals surface area contributed by atoms with Gasteiger partial charge in [0.15, 0.2) is 0 Å². The number of benzene rings is 1. The lowest BCUT2D eigenvalue weighted by atomic mass is 10.0. The maximum absolute atomic E-state index is 14.4. The van der Waals surface area contributed by atoms with Gasteiger partial charge >= 0.3 is 0 Å². The SMILES string of the molecule is CNc1cc(F)cc2c1[nH]c1nc(Cc3cncnc3)nc(N3C[C@H](N)C4(CC4)C3)c12. The summed E-state index contributed by atoms with van der Waals surface area (Å²) >= 11 is 0. The van der Waals surface area contributed by atoms with E-state index in [1.807, 2.05) is 0 Å². The van der Waals surface area contributed by atoms with Gasteiger partial charge < -0.3 is 20.9 Å². The average molecular weight is 418 g/mol. The number of nitrogens with two attached hydrogens (primary N) is 1. The lowest BCUT2D eigenvalue weighted by Gasteiger charge is -2.19. The lowest BCUT2D eigenvalue weighted by Crippen LogP contribution is -2.30. The van der Waals surface area contributed by atoms with E-state index in [-0.39, 0.29) is 17.3 Å². The summed E-state index contributed by atoms with van der Waals surface area (Å²) in [6.45, 7) is 1.61. The quantitative estimate of drug-likeness (QED) is 0.467. The molecule has 4 aromatic rings. The number of aromatic nitrogens is 5. The molecule has 4 heterocycles. The number of nitrogens with one attached hydrogen (secondary N) is 2. The molecule has 3 aromatic heterocycles. The number of aromatic amines is 1. The second kappa shape index (κ2) is 6.58. The van der Waals surface area contributed by atoms with Crippen molar-refractivity contribution in [3.05, 3.63) is 48.1 Å². The molecule has 1 saturated heterocycles. The maximum atomic E-state index is 14.4. The van der Waals surface area contributed by atoms with Gasteiger partial charge in [0.2, 0.25) is 0 Å². The smallest absolute Gasteiger partial charge is 0.144 e. The zero-order valence-electron chi connectivity index (χ0n) is 17.2. The van der Waals surface area contributed by atoms with Crippen LogP contribution in [0.3, 0.4) is 0 Å². The minimum absolute atomic E-state index is 0.123. The molecule has 0 radical (unpaired) electrons. The van der Waals surface area contributed by atoms with Crippen molar-refractivity contribution in [2.24, 2.45) is 11.1 Å². The summed E-state index contributed by atoms with van der Waals surface area (Å²) in [7, 11) is 1.78. The highest BCUT2D eigenvalue weighted by Crippen LogP contribution is 2.53. The Kier molecular flexibility index (Phi) is 3.92. The largest absolute Gasteiger partial charge is 0.386 e. The van der Waals surface area contributed by atoms with Crippen LogP contribution in [0.4, 0.5) is 15.9 Å². The minimum Gasteiger partial charge on any atom is -0.386 e. The normalized spacial score (nSPS) is 19.6. The number of anilines is 2. The highest BCUT2D eigenvalue weighted by atomic mass is 19.1. The molecule has 9 heteroatoms. The standard InChI is InChI=1S/C22H23FN8/c1-25-15-6-13(23)5-14-18-20(30-19(14)15)28-17(4-12-7-26-11-27-8-12)29-21(18)31-9-16(24)22(10-31)2-3-22/h5-8,11,16,25H,2-4,9-10,24H2,1H3,(H,28,29,30)/t16-/m0/s1. The van der Waals surface area contributed by atoms with Crippen LogP contribution in [0.2, 0.25) is 0 Å². The first-order chi connectivity index (χ1) is 15.1. The van der Waals surface area contributed by atoms with Crippen molar-refractivity contribution in [3.63, 3.8) is 0 Å². The molecular weight excluding hydrogens is 395 g/mol. The molecule has 8 nitrogen and oxygen atoms in total. The second-order valence-corrected chi connectivity index (χ2v) is 8.71. The van der Waals surface area contributed by atoms with Crippen LogP contribution < -0.4 is 16.0 Å². The van der Waals surface area contributed by atoms with E-state index in [2.05, 4.69) is 25.2 Å². The first-order valence-electron chi connectivity index (χ1n) is 10.5. The van der Waals surface area contributed by atoms with Crippen LogP contribution in [0.25, 0.3) is 21.9 Å². The van der Waals surface area contributed by atoms with Gasteiger partial charge in [0.25, 0.3) is 0 Å². The number of rotatable bonds is 4. The van der Waals surface area contributed by atoms with Crippen LogP contribution in [0.5, 0.6) is 0 Å². The zero-order valence-corrected chi connectivity index (χ0v) is 17.2. The molecule has 1 saturated carbocycles. The van der Waals surface area contributed by atoms with Gasteiger partial charge in [-0.05, 0) is 30.5 Å². The Bertz CT molecular complexity index is 1300. The van der Waals surface area contributed by atoms with Gasteiger partial charge in [-0.1, -0.05) is 0 Å². The summed E-state index contributed by atoms with van der Waals surface area (Å²) in [4.78, 5) is 23.6. The van der Waals surface area contributed by atoms with E-state index in [4.69, 9.17) is 15.7 Å². The molecule has 1 aliphatic heterocycles. The van der Waals surface area contributed by atoms with Crippen molar-refractivity contribution in [3.8, 4) is 0 Å². The molecule has 0 bridgehead atoms. The predicted molar refractivity (Wildman–Crippen MR) is 118 cm³/mol. The molecule has 2 fully saturated rings. The van der Waals surface area contributed by atoms with Crippen molar-refractivity contribution in [1.82, 2.24) is 24.9 Å². The number of nitrogens with zero attached hydrogens (tertiary/aromatic N) is 5. The van der Waals surface area contributed by atoms with Gasteiger partial charge in [0, 0.05) is 55.8 Å². The Morgan fingerprint density at radius 1 is 1.26 bits per heavy atom. The Labute approximate surface area is 178 Å². The molecule has 6 rings (SSSR count). The van der Waals surface area contributed by atoms with E-state index in [0.29, 0.717) is 23.6 Å². The molecule has 4 N–H and O–H groups in total. The minimum atomic E-state index is -0.300. The van der Waals surface area contributed by atoms with Crippen LogP contribution in [0.15, 0.2) is 30.9 Å². The number of hydrogen-bond acceptors (Lipinski definition) is 7. The monoisotopic (exact) mass is 418 g/mol. The first-order valence-corrected chi connectivity index (χ1v) is 10.5.